The molecule has 0 radical (unpaired) electrons. The Kier molecular flexibility index (Phi) is 3.32. The molecule has 1 aliphatic carbocycles. The van der Waals surface area contributed by atoms with Crippen LogP contribution in [0.4, 0.5) is 10.5 Å². The minimum absolute atomic E-state index is 0.118. The molecule has 0 aliphatic heterocycles. The molecule has 2 N–H and O–H groups in total. The molecule has 1 aliphatic rings. The molecule has 104 valence electrons. The van der Waals surface area contributed by atoms with Crippen molar-refractivity contribution in [1.29, 1.82) is 0 Å². The Balaban J connectivity index is 1.75. The quantitative estimate of drug-likeness (QED) is 0.887. The van der Waals surface area contributed by atoms with E-state index in [0.717, 1.165) is 12.1 Å². The molecule has 3 rings (SSSR count). The number of anilines is 1. The highest BCUT2D eigenvalue weighted by atomic mass is 16.2. The molecule has 2 amide bonds. The Morgan fingerprint density at radius 3 is 2.95 bits per heavy atom. The van der Waals surface area contributed by atoms with Crippen molar-refractivity contribution >= 4 is 11.7 Å². The molecule has 0 unspecified atom stereocenters. The fourth-order valence-electron chi connectivity index (χ4n) is 2.04. The van der Waals surface area contributed by atoms with Crippen molar-refractivity contribution in [3.05, 3.63) is 24.3 Å². The van der Waals surface area contributed by atoms with Crippen molar-refractivity contribution in [2.24, 2.45) is 5.92 Å². The molecule has 0 atom stereocenters. The number of nitrogens with one attached hydrogen (secondary N) is 2. The number of carbonyl (C=O) groups is 1. The summed E-state index contributed by atoms with van der Waals surface area (Å²) in [5.74, 6) is 1.13. The Hall–Kier alpha value is -2.44. The maximum Gasteiger partial charge on any atom is 0.321 e. The first kappa shape index (κ1) is 12.6. The van der Waals surface area contributed by atoms with Crippen LogP contribution in [0, 0.1) is 5.92 Å². The summed E-state index contributed by atoms with van der Waals surface area (Å²) >= 11 is 0. The number of rotatable bonds is 4. The lowest BCUT2D eigenvalue weighted by Crippen LogP contribution is -2.33. The summed E-state index contributed by atoms with van der Waals surface area (Å²) in [6, 6.07) is 7.29. The van der Waals surface area contributed by atoms with Gasteiger partial charge in [0, 0.05) is 19.2 Å². The summed E-state index contributed by atoms with van der Waals surface area (Å²) < 4.78 is 0. The zero-order valence-electron chi connectivity index (χ0n) is 11.2. The Morgan fingerprint density at radius 1 is 1.45 bits per heavy atom. The normalized spacial score (nSPS) is 14.1. The number of aromatic amines is 1. The Morgan fingerprint density at radius 2 is 2.25 bits per heavy atom. The van der Waals surface area contributed by atoms with Crippen LogP contribution >= 0.6 is 0 Å². The van der Waals surface area contributed by atoms with Gasteiger partial charge in [-0.1, -0.05) is 12.1 Å². The van der Waals surface area contributed by atoms with Crippen molar-refractivity contribution in [2.45, 2.75) is 12.8 Å². The van der Waals surface area contributed by atoms with Gasteiger partial charge in [0.15, 0.2) is 0 Å². The number of urea groups is 1. The number of carbonyl (C=O) groups excluding carboxylic acids is 1. The molecule has 1 heterocycles. The van der Waals surface area contributed by atoms with E-state index in [0.29, 0.717) is 17.4 Å². The van der Waals surface area contributed by atoms with Gasteiger partial charge in [0.1, 0.15) is 0 Å². The summed E-state index contributed by atoms with van der Waals surface area (Å²) in [6.07, 6.45) is 2.44. The van der Waals surface area contributed by atoms with Crippen LogP contribution in [0.3, 0.4) is 0 Å². The van der Waals surface area contributed by atoms with Gasteiger partial charge in [0.05, 0.1) is 5.69 Å². The van der Waals surface area contributed by atoms with Gasteiger partial charge in [-0.2, -0.15) is 5.21 Å². The molecule has 0 spiro atoms. The third kappa shape index (κ3) is 2.76. The summed E-state index contributed by atoms with van der Waals surface area (Å²) in [6.45, 7) is 0.802. The molecule has 2 aromatic rings. The van der Waals surface area contributed by atoms with E-state index in [-0.39, 0.29) is 6.03 Å². The first-order valence-corrected chi connectivity index (χ1v) is 6.59. The lowest BCUT2D eigenvalue weighted by molar-refractivity contribution is 0.220. The smallest absolute Gasteiger partial charge is 0.321 e. The third-order valence-corrected chi connectivity index (χ3v) is 3.33. The molecule has 1 aromatic heterocycles. The Labute approximate surface area is 116 Å². The minimum atomic E-state index is -0.118. The van der Waals surface area contributed by atoms with Gasteiger partial charge in [-0.05, 0) is 36.1 Å². The lowest BCUT2D eigenvalue weighted by Gasteiger charge is -2.18. The highest BCUT2D eigenvalue weighted by Crippen LogP contribution is 2.30. The van der Waals surface area contributed by atoms with Crippen LogP contribution in [-0.2, 0) is 0 Å². The fraction of sp³-hybridized carbons (Fsp3) is 0.385. The summed E-state index contributed by atoms with van der Waals surface area (Å²) in [5.41, 5.74) is 1.43. The van der Waals surface area contributed by atoms with E-state index < -0.39 is 0 Å². The highest BCUT2D eigenvalue weighted by molar-refractivity contribution is 5.93. The first-order valence-electron chi connectivity index (χ1n) is 6.59. The van der Waals surface area contributed by atoms with Gasteiger partial charge in [-0.3, -0.25) is 0 Å². The summed E-state index contributed by atoms with van der Waals surface area (Å²) in [7, 11) is 1.81. The van der Waals surface area contributed by atoms with E-state index in [1.54, 1.807) is 4.90 Å². The third-order valence-electron chi connectivity index (χ3n) is 3.33. The zero-order valence-corrected chi connectivity index (χ0v) is 11.2. The van der Waals surface area contributed by atoms with E-state index in [4.69, 9.17) is 0 Å². The molecule has 0 bridgehead atoms. The second kappa shape index (κ2) is 5.28. The van der Waals surface area contributed by atoms with E-state index in [9.17, 15) is 4.79 Å². The SMILES string of the molecule is CN(CC1CC1)C(=O)Nc1ccccc1-c1nn[nH]n1. The van der Waals surface area contributed by atoms with Crippen molar-refractivity contribution in [2.75, 3.05) is 18.9 Å². The van der Waals surface area contributed by atoms with Crippen LogP contribution in [0.2, 0.25) is 0 Å². The molecule has 1 aromatic carbocycles. The van der Waals surface area contributed by atoms with E-state index in [1.165, 1.54) is 12.8 Å². The van der Waals surface area contributed by atoms with Crippen LogP contribution in [0.15, 0.2) is 24.3 Å². The number of para-hydroxylation sites is 1. The monoisotopic (exact) mass is 272 g/mol. The van der Waals surface area contributed by atoms with Crippen LogP contribution < -0.4 is 5.32 Å². The highest BCUT2D eigenvalue weighted by Gasteiger charge is 2.25. The lowest BCUT2D eigenvalue weighted by atomic mass is 10.1. The van der Waals surface area contributed by atoms with Crippen molar-refractivity contribution in [3.63, 3.8) is 0 Å². The second-order valence-corrected chi connectivity index (χ2v) is 5.04. The molecule has 20 heavy (non-hydrogen) atoms. The molecule has 1 fully saturated rings. The van der Waals surface area contributed by atoms with Crippen molar-refractivity contribution in [3.8, 4) is 11.4 Å². The molecule has 7 heteroatoms. The van der Waals surface area contributed by atoms with Gasteiger partial charge in [-0.15, -0.1) is 10.2 Å². The van der Waals surface area contributed by atoms with Gasteiger partial charge in [0.25, 0.3) is 0 Å². The van der Waals surface area contributed by atoms with Crippen LogP contribution in [0.25, 0.3) is 11.4 Å². The maximum absolute atomic E-state index is 12.1. The van der Waals surface area contributed by atoms with Gasteiger partial charge < -0.3 is 10.2 Å². The van der Waals surface area contributed by atoms with E-state index >= 15 is 0 Å². The Bertz CT molecular complexity index is 593. The van der Waals surface area contributed by atoms with E-state index in [2.05, 4.69) is 25.9 Å². The molecule has 1 saturated carbocycles. The number of nitrogens with zero attached hydrogens (tertiary/aromatic N) is 4. The number of hydrogen-bond donors (Lipinski definition) is 2. The second-order valence-electron chi connectivity index (χ2n) is 5.04. The number of amides is 2. The zero-order chi connectivity index (χ0) is 13.9. The summed E-state index contributed by atoms with van der Waals surface area (Å²) in [5, 5.41) is 16.7. The number of hydrogen-bond acceptors (Lipinski definition) is 4. The average Bonchev–Trinajstić information content (AvgIpc) is 3.10. The topological polar surface area (TPSA) is 86.8 Å². The van der Waals surface area contributed by atoms with Crippen molar-refractivity contribution in [1.82, 2.24) is 25.5 Å². The predicted molar refractivity (Wildman–Crippen MR) is 74.0 cm³/mol. The van der Waals surface area contributed by atoms with Crippen molar-refractivity contribution < 1.29 is 4.79 Å². The molecule has 0 saturated heterocycles. The van der Waals surface area contributed by atoms with Gasteiger partial charge in [-0.25, -0.2) is 4.79 Å². The minimum Gasteiger partial charge on any atom is -0.327 e. The van der Waals surface area contributed by atoms with Crippen LogP contribution in [0.5, 0.6) is 0 Å². The standard InChI is InChI=1S/C13H16N6O/c1-19(8-9-6-7-9)13(20)14-11-5-3-2-4-10(11)12-15-17-18-16-12/h2-5,9H,6-8H2,1H3,(H,14,20)(H,15,16,17,18). The molecular weight excluding hydrogens is 256 g/mol. The number of tetrazole rings is 1. The fourth-order valence-corrected chi connectivity index (χ4v) is 2.04. The number of benzene rings is 1. The van der Waals surface area contributed by atoms with Crippen LogP contribution in [-0.4, -0.2) is 45.1 Å². The van der Waals surface area contributed by atoms with E-state index in [1.807, 2.05) is 31.3 Å². The maximum atomic E-state index is 12.1. The van der Waals surface area contributed by atoms with Gasteiger partial charge >= 0.3 is 6.03 Å². The first-order chi connectivity index (χ1) is 9.74. The van der Waals surface area contributed by atoms with Crippen LogP contribution in [0.1, 0.15) is 12.8 Å². The average molecular weight is 272 g/mol. The molecule has 7 nitrogen and oxygen atoms in total. The predicted octanol–water partition coefficient (Wildman–Crippen LogP) is 1.74. The number of aromatic nitrogens is 4. The largest absolute Gasteiger partial charge is 0.327 e. The molecular formula is C13H16N6O. The summed E-state index contributed by atoms with van der Waals surface area (Å²) in [4.78, 5) is 13.9. The van der Waals surface area contributed by atoms with Gasteiger partial charge in [0.2, 0.25) is 5.82 Å². The number of H-pyrrole nitrogens is 1.